The van der Waals surface area contributed by atoms with Gasteiger partial charge in [-0.1, -0.05) is 0 Å². The first-order valence-electron chi connectivity index (χ1n) is 5.53. The van der Waals surface area contributed by atoms with Crippen LogP contribution >= 0.6 is 0 Å². The van der Waals surface area contributed by atoms with Crippen molar-refractivity contribution in [2.45, 2.75) is 31.8 Å². The zero-order chi connectivity index (χ0) is 10.8. The molecule has 1 fully saturated rings. The van der Waals surface area contributed by atoms with Gasteiger partial charge in [0.1, 0.15) is 0 Å². The molecule has 1 saturated heterocycles. The molecule has 14 heavy (non-hydrogen) atoms. The molecule has 1 heterocycles. The summed E-state index contributed by atoms with van der Waals surface area (Å²) in [6, 6.07) is 0.725. The molecule has 1 rings (SSSR count). The van der Waals surface area contributed by atoms with Crippen LogP contribution in [0, 0.1) is 0 Å². The molecule has 0 bridgehead atoms. The summed E-state index contributed by atoms with van der Waals surface area (Å²) in [6.07, 6.45) is 1.31. The Morgan fingerprint density at radius 3 is 2.57 bits per heavy atom. The fourth-order valence-corrected chi connectivity index (χ4v) is 2.28. The van der Waals surface area contributed by atoms with Gasteiger partial charge < -0.3 is 10.2 Å². The Morgan fingerprint density at radius 1 is 1.50 bits per heavy atom. The van der Waals surface area contributed by atoms with Gasteiger partial charge in [0, 0.05) is 24.7 Å². The van der Waals surface area contributed by atoms with Gasteiger partial charge in [-0.15, -0.1) is 0 Å². The number of likely N-dealkylation sites (tertiary alicyclic amines) is 1. The lowest BCUT2D eigenvalue weighted by molar-refractivity contribution is 0.105. The molecular weight excluding hydrogens is 174 g/mol. The van der Waals surface area contributed by atoms with E-state index < -0.39 is 0 Å². The van der Waals surface area contributed by atoms with Crippen molar-refractivity contribution in [3.05, 3.63) is 0 Å². The molecule has 1 unspecified atom stereocenters. The molecule has 0 saturated carbocycles. The highest BCUT2D eigenvalue weighted by atomic mass is 15.3. The summed E-state index contributed by atoms with van der Waals surface area (Å²) in [6.45, 7) is 8.11. The van der Waals surface area contributed by atoms with Gasteiger partial charge in [0.25, 0.3) is 0 Å². The standard InChI is InChI=1S/C11H25N3/c1-11(2,9-12-3)14(5)10-6-7-13(4)8-10/h10,12H,6-9H2,1-5H3. The quantitative estimate of drug-likeness (QED) is 0.716. The van der Waals surface area contributed by atoms with Gasteiger partial charge in [-0.2, -0.15) is 0 Å². The van der Waals surface area contributed by atoms with E-state index in [1.165, 1.54) is 19.5 Å². The number of hydrogen-bond acceptors (Lipinski definition) is 3. The highest BCUT2D eigenvalue weighted by molar-refractivity contribution is 4.90. The van der Waals surface area contributed by atoms with Crippen LogP contribution in [0.25, 0.3) is 0 Å². The van der Waals surface area contributed by atoms with Crippen molar-refractivity contribution in [2.75, 3.05) is 40.8 Å². The number of nitrogens with one attached hydrogen (secondary N) is 1. The van der Waals surface area contributed by atoms with E-state index in [0.717, 1.165) is 12.6 Å². The van der Waals surface area contributed by atoms with Crippen molar-refractivity contribution in [1.82, 2.24) is 15.1 Å². The Hall–Kier alpha value is -0.120. The third-order valence-electron chi connectivity index (χ3n) is 3.48. The molecule has 1 aliphatic heterocycles. The number of nitrogens with zero attached hydrogens (tertiary/aromatic N) is 2. The molecule has 1 aliphatic rings. The SMILES string of the molecule is CNCC(C)(C)N(C)C1CCN(C)C1. The molecule has 0 spiro atoms. The summed E-state index contributed by atoms with van der Waals surface area (Å²) in [7, 11) is 6.48. The molecule has 1 atom stereocenters. The van der Waals surface area contributed by atoms with E-state index in [9.17, 15) is 0 Å². The first-order chi connectivity index (χ1) is 6.47. The highest BCUT2D eigenvalue weighted by Crippen LogP contribution is 2.20. The fourth-order valence-electron chi connectivity index (χ4n) is 2.28. The lowest BCUT2D eigenvalue weighted by atomic mass is 10.0. The first-order valence-corrected chi connectivity index (χ1v) is 5.53. The Kier molecular flexibility index (Phi) is 3.93. The fraction of sp³-hybridized carbons (Fsp3) is 1.00. The molecular formula is C11H25N3. The summed E-state index contributed by atoms with van der Waals surface area (Å²) >= 11 is 0. The molecule has 0 aromatic rings. The van der Waals surface area contributed by atoms with Crippen LogP contribution in [-0.4, -0.2) is 62.2 Å². The molecule has 84 valence electrons. The number of hydrogen-bond donors (Lipinski definition) is 1. The summed E-state index contributed by atoms with van der Waals surface area (Å²) < 4.78 is 0. The van der Waals surface area contributed by atoms with Crippen molar-refractivity contribution in [3.8, 4) is 0 Å². The van der Waals surface area contributed by atoms with Crippen LogP contribution in [0.1, 0.15) is 20.3 Å². The predicted octanol–water partition coefficient (Wildman–Crippen LogP) is 0.620. The van der Waals surface area contributed by atoms with Crippen molar-refractivity contribution >= 4 is 0 Å². The average Bonchev–Trinajstić information content (AvgIpc) is 2.50. The minimum absolute atomic E-state index is 0.255. The first kappa shape index (κ1) is 12.0. The van der Waals surface area contributed by atoms with Gasteiger partial charge in [0.2, 0.25) is 0 Å². The topological polar surface area (TPSA) is 18.5 Å². The maximum atomic E-state index is 3.27. The van der Waals surface area contributed by atoms with Gasteiger partial charge in [-0.3, -0.25) is 4.90 Å². The van der Waals surface area contributed by atoms with Gasteiger partial charge in [0.15, 0.2) is 0 Å². The van der Waals surface area contributed by atoms with Crippen LogP contribution in [0.4, 0.5) is 0 Å². The molecule has 0 amide bonds. The van der Waals surface area contributed by atoms with Crippen LogP contribution in [0.5, 0.6) is 0 Å². The van der Waals surface area contributed by atoms with E-state index in [4.69, 9.17) is 0 Å². The monoisotopic (exact) mass is 199 g/mol. The van der Waals surface area contributed by atoms with Crippen molar-refractivity contribution < 1.29 is 0 Å². The van der Waals surface area contributed by atoms with E-state index in [2.05, 4.69) is 43.1 Å². The molecule has 3 nitrogen and oxygen atoms in total. The smallest absolute Gasteiger partial charge is 0.0277 e. The van der Waals surface area contributed by atoms with Gasteiger partial charge >= 0.3 is 0 Å². The van der Waals surface area contributed by atoms with Crippen molar-refractivity contribution in [3.63, 3.8) is 0 Å². The molecule has 0 aliphatic carbocycles. The zero-order valence-electron chi connectivity index (χ0n) is 10.3. The van der Waals surface area contributed by atoms with Gasteiger partial charge in [0.05, 0.1) is 0 Å². The summed E-state index contributed by atoms with van der Waals surface area (Å²) in [5.74, 6) is 0. The lowest BCUT2D eigenvalue weighted by Crippen LogP contribution is -2.53. The second kappa shape index (κ2) is 4.60. The van der Waals surface area contributed by atoms with E-state index >= 15 is 0 Å². The van der Waals surface area contributed by atoms with Crippen molar-refractivity contribution in [2.24, 2.45) is 0 Å². The Balaban J connectivity index is 2.51. The largest absolute Gasteiger partial charge is 0.318 e. The normalized spacial score (nSPS) is 24.9. The molecule has 0 aromatic heterocycles. The molecule has 0 aromatic carbocycles. The predicted molar refractivity (Wildman–Crippen MR) is 61.7 cm³/mol. The van der Waals surface area contributed by atoms with E-state index in [1.807, 2.05) is 7.05 Å². The van der Waals surface area contributed by atoms with E-state index in [0.29, 0.717) is 0 Å². The Morgan fingerprint density at radius 2 is 2.14 bits per heavy atom. The maximum absolute atomic E-state index is 3.27. The molecule has 3 heteroatoms. The summed E-state index contributed by atoms with van der Waals surface area (Å²) in [5.41, 5.74) is 0.255. The molecule has 1 N–H and O–H groups in total. The van der Waals surface area contributed by atoms with E-state index in [1.54, 1.807) is 0 Å². The molecule has 0 radical (unpaired) electrons. The van der Waals surface area contributed by atoms with Crippen molar-refractivity contribution in [1.29, 1.82) is 0 Å². The summed E-state index contributed by atoms with van der Waals surface area (Å²) in [5, 5.41) is 3.27. The van der Waals surface area contributed by atoms with Crippen LogP contribution in [0.15, 0.2) is 0 Å². The lowest BCUT2D eigenvalue weighted by Gasteiger charge is -2.39. The average molecular weight is 199 g/mol. The summed E-state index contributed by atoms with van der Waals surface area (Å²) in [4.78, 5) is 4.93. The van der Waals surface area contributed by atoms with E-state index in [-0.39, 0.29) is 5.54 Å². The second-order valence-electron chi connectivity index (χ2n) is 5.16. The number of likely N-dealkylation sites (N-methyl/N-ethyl adjacent to an activating group) is 3. The van der Waals surface area contributed by atoms with Gasteiger partial charge in [-0.05, 0) is 48.0 Å². The van der Waals surface area contributed by atoms with Crippen LogP contribution in [-0.2, 0) is 0 Å². The maximum Gasteiger partial charge on any atom is 0.0277 e. The number of rotatable bonds is 4. The third kappa shape index (κ3) is 2.69. The minimum atomic E-state index is 0.255. The minimum Gasteiger partial charge on any atom is -0.318 e. The van der Waals surface area contributed by atoms with Crippen LogP contribution < -0.4 is 5.32 Å². The Bertz CT molecular complexity index is 179. The highest BCUT2D eigenvalue weighted by Gasteiger charge is 2.32. The van der Waals surface area contributed by atoms with Gasteiger partial charge in [-0.25, -0.2) is 0 Å². The second-order valence-corrected chi connectivity index (χ2v) is 5.16. The van der Waals surface area contributed by atoms with Crippen LogP contribution in [0.3, 0.4) is 0 Å². The third-order valence-corrected chi connectivity index (χ3v) is 3.48. The van der Waals surface area contributed by atoms with Crippen LogP contribution in [0.2, 0.25) is 0 Å². The zero-order valence-corrected chi connectivity index (χ0v) is 10.3. The Labute approximate surface area is 88.5 Å².